The van der Waals surface area contributed by atoms with Crippen LogP contribution in [-0.4, -0.2) is 23.1 Å². The van der Waals surface area contributed by atoms with Crippen LogP contribution >= 0.6 is 0 Å². The first-order chi connectivity index (χ1) is 14.0. The Labute approximate surface area is 168 Å². The van der Waals surface area contributed by atoms with E-state index in [0.29, 0.717) is 29.7 Å². The Morgan fingerprint density at radius 1 is 1.10 bits per heavy atom. The highest BCUT2D eigenvalue weighted by Gasteiger charge is 2.24. The van der Waals surface area contributed by atoms with Gasteiger partial charge in [0.25, 0.3) is 0 Å². The third kappa shape index (κ3) is 4.60. The van der Waals surface area contributed by atoms with Gasteiger partial charge in [-0.05, 0) is 29.7 Å². The van der Waals surface area contributed by atoms with Crippen molar-refractivity contribution in [1.29, 1.82) is 0 Å². The Kier molecular flexibility index (Phi) is 6.24. The molecule has 1 aromatic heterocycles. The summed E-state index contributed by atoms with van der Waals surface area (Å²) in [4.78, 5) is 38.8. The highest BCUT2D eigenvalue weighted by molar-refractivity contribution is 6.01. The van der Waals surface area contributed by atoms with E-state index in [2.05, 4.69) is 10.3 Å². The Hall–Kier alpha value is -3.67. The van der Waals surface area contributed by atoms with Crippen LogP contribution < -0.4 is 5.32 Å². The first-order valence-electron chi connectivity index (χ1n) is 9.32. The topological polar surface area (TPSA) is 88.3 Å². The second-order valence-electron chi connectivity index (χ2n) is 6.56. The lowest BCUT2D eigenvalue weighted by atomic mass is 10.0. The Morgan fingerprint density at radius 2 is 1.86 bits per heavy atom. The number of hydrogen-bond acceptors (Lipinski definition) is 4. The second-order valence-corrected chi connectivity index (χ2v) is 6.56. The highest BCUT2D eigenvalue weighted by atomic mass is 16.5. The summed E-state index contributed by atoms with van der Waals surface area (Å²) in [6.45, 7) is 3.47. The third-order valence-corrected chi connectivity index (χ3v) is 4.49. The van der Waals surface area contributed by atoms with E-state index in [1.807, 2.05) is 43.3 Å². The average Bonchev–Trinajstić information content (AvgIpc) is 3.11. The van der Waals surface area contributed by atoms with Gasteiger partial charge in [-0.25, -0.2) is 4.79 Å². The summed E-state index contributed by atoms with van der Waals surface area (Å²) < 4.78 is 5.45. The minimum atomic E-state index is -0.548. The van der Waals surface area contributed by atoms with E-state index in [4.69, 9.17) is 4.74 Å². The second kappa shape index (κ2) is 9.01. The molecule has 0 aliphatic carbocycles. The fourth-order valence-electron chi connectivity index (χ4n) is 3.23. The maximum absolute atomic E-state index is 12.8. The SMILES string of the molecule is CCc1c(-c2cccc(NC(C)=O)c2)[nH]c(C=O)c1C(=O)OCc1ccccc1. The van der Waals surface area contributed by atoms with Gasteiger partial charge in [0.05, 0.1) is 17.0 Å². The number of aromatic nitrogens is 1. The molecule has 1 amide bonds. The van der Waals surface area contributed by atoms with Gasteiger partial charge in [-0.15, -0.1) is 0 Å². The van der Waals surface area contributed by atoms with Crippen LogP contribution in [0.5, 0.6) is 0 Å². The molecule has 0 aliphatic heterocycles. The Bertz CT molecular complexity index is 1040. The summed E-state index contributed by atoms with van der Waals surface area (Å²) in [5.41, 5.74) is 4.05. The summed E-state index contributed by atoms with van der Waals surface area (Å²) >= 11 is 0. The first kappa shape index (κ1) is 20.1. The van der Waals surface area contributed by atoms with Crippen LogP contribution in [-0.2, 0) is 22.6 Å². The van der Waals surface area contributed by atoms with Crippen LogP contribution in [0.1, 0.15) is 45.8 Å². The maximum Gasteiger partial charge on any atom is 0.341 e. The van der Waals surface area contributed by atoms with Gasteiger partial charge in [0.15, 0.2) is 6.29 Å². The Morgan fingerprint density at radius 3 is 2.52 bits per heavy atom. The minimum absolute atomic E-state index is 0.125. The lowest BCUT2D eigenvalue weighted by Crippen LogP contribution is -2.09. The zero-order chi connectivity index (χ0) is 20.8. The number of esters is 1. The number of aromatic amines is 1. The molecule has 3 rings (SSSR count). The van der Waals surface area contributed by atoms with Crippen LogP contribution in [0.2, 0.25) is 0 Å². The molecule has 0 unspecified atom stereocenters. The van der Waals surface area contributed by atoms with Crippen molar-refractivity contribution in [3.05, 3.63) is 77.0 Å². The number of carbonyl (C=O) groups is 3. The molecule has 0 saturated heterocycles. The predicted octanol–water partition coefficient (Wildman–Crippen LogP) is 4.37. The summed E-state index contributed by atoms with van der Waals surface area (Å²) in [6.07, 6.45) is 1.15. The molecule has 0 atom stereocenters. The minimum Gasteiger partial charge on any atom is -0.457 e. The number of anilines is 1. The number of carbonyl (C=O) groups excluding carboxylic acids is 3. The van der Waals surface area contributed by atoms with E-state index in [-0.39, 0.29) is 23.8 Å². The van der Waals surface area contributed by atoms with Crippen LogP contribution in [0, 0.1) is 0 Å². The Balaban J connectivity index is 1.95. The van der Waals surface area contributed by atoms with Crippen LogP contribution in [0.25, 0.3) is 11.3 Å². The standard InChI is InChI=1S/C23H22N2O4/c1-3-19-21(23(28)29-14-16-8-5-4-6-9-16)20(13-26)25-22(19)17-10-7-11-18(12-17)24-15(2)27/h4-13,25H,3,14H2,1-2H3,(H,24,27). The van der Waals surface area contributed by atoms with Crippen molar-refractivity contribution < 1.29 is 19.1 Å². The fraction of sp³-hybridized carbons (Fsp3) is 0.174. The quantitative estimate of drug-likeness (QED) is 0.463. The van der Waals surface area contributed by atoms with Crippen molar-refractivity contribution in [2.45, 2.75) is 26.9 Å². The normalized spacial score (nSPS) is 10.4. The largest absolute Gasteiger partial charge is 0.457 e. The van der Waals surface area contributed by atoms with Crippen LogP contribution in [0.15, 0.2) is 54.6 Å². The number of benzene rings is 2. The number of hydrogen-bond donors (Lipinski definition) is 2. The van der Waals surface area contributed by atoms with Crippen molar-refractivity contribution in [2.75, 3.05) is 5.32 Å². The van der Waals surface area contributed by atoms with Crippen molar-refractivity contribution in [3.8, 4) is 11.3 Å². The molecule has 3 aromatic rings. The van der Waals surface area contributed by atoms with Crippen LogP contribution in [0.4, 0.5) is 5.69 Å². The predicted molar refractivity (Wildman–Crippen MR) is 111 cm³/mol. The summed E-state index contributed by atoms with van der Waals surface area (Å²) in [7, 11) is 0. The lowest BCUT2D eigenvalue weighted by Gasteiger charge is -2.08. The molecule has 0 saturated carbocycles. The van der Waals surface area contributed by atoms with Crippen LogP contribution in [0.3, 0.4) is 0 Å². The van der Waals surface area contributed by atoms with Gasteiger partial charge in [-0.3, -0.25) is 9.59 Å². The van der Waals surface area contributed by atoms with E-state index < -0.39 is 5.97 Å². The number of rotatable bonds is 7. The monoisotopic (exact) mass is 390 g/mol. The molecule has 29 heavy (non-hydrogen) atoms. The van der Waals surface area contributed by atoms with Gasteiger partial charge in [-0.2, -0.15) is 0 Å². The molecule has 0 radical (unpaired) electrons. The van der Waals surface area contributed by atoms with E-state index in [1.165, 1.54) is 6.92 Å². The number of nitrogens with one attached hydrogen (secondary N) is 2. The van der Waals surface area contributed by atoms with Gasteiger partial charge in [0.2, 0.25) is 5.91 Å². The number of H-pyrrole nitrogens is 1. The number of aldehydes is 1. The zero-order valence-electron chi connectivity index (χ0n) is 16.3. The van der Waals surface area contributed by atoms with Crippen molar-refractivity contribution in [3.63, 3.8) is 0 Å². The highest BCUT2D eigenvalue weighted by Crippen LogP contribution is 2.30. The van der Waals surface area contributed by atoms with Crippen molar-refractivity contribution in [1.82, 2.24) is 4.98 Å². The van der Waals surface area contributed by atoms with E-state index in [9.17, 15) is 14.4 Å². The smallest absolute Gasteiger partial charge is 0.341 e. The molecule has 0 aliphatic rings. The molecule has 6 nitrogen and oxygen atoms in total. The molecule has 148 valence electrons. The van der Waals surface area contributed by atoms with Gasteiger partial charge in [-0.1, -0.05) is 49.4 Å². The third-order valence-electron chi connectivity index (χ3n) is 4.49. The molecular formula is C23H22N2O4. The molecule has 6 heteroatoms. The van der Waals surface area contributed by atoms with E-state index in [1.54, 1.807) is 18.2 Å². The average molecular weight is 390 g/mol. The lowest BCUT2D eigenvalue weighted by molar-refractivity contribution is -0.114. The van der Waals surface area contributed by atoms with Gasteiger partial charge in [0, 0.05) is 18.2 Å². The molecule has 0 fully saturated rings. The molecule has 2 N–H and O–H groups in total. The van der Waals surface area contributed by atoms with E-state index >= 15 is 0 Å². The molecular weight excluding hydrogens is 368 g/mol. The molecule has 2 aromatic carbocycles. The number of ether oxygens (including phenoxy) is 1. The van der Waals surface area contributed by atoms with E-state index in [0.717, 1.165) is 11.1 Å². The fourth-order valence-corrected chi connectivity index (χ4v) is 3.23. The molecule has 1 heterocycles. The summed E-state index contributed by atoms with van der Waals surface area (Å²) in [5, 5.41) is 2.74. The van der Waals surface area contributed by atoms with Gasteiger partial charge >= 0.3 is 5.97 Å². The first-order valence-corrected chi connectivity index (χ1v) is 9.32. The molecule has 0 spiro atoms. The summed E-state index contributed by atoms with van der Waals surface area (Å²) in [5.74, 6) is -0.726. The van der Waals surface area contributed by atoms with Gasteiger partial charge in [0.1, 0.15) is 6.61 Å². The summed E-state index contributed by atoms with van der Waals surface area (Å²) in [6, 6.07) is 16.6. The maximum atomic E-state index is 12.8. The number of amides is 1. The van der Waals surface area contributed by atoms with Crippen molar-refractivity contribution in [2.24, 2.45) is 0 Å². The van der Waals surface area contributed by atoms with Crippen molar-refractivity contribution >= 4 is 23.9 Å². The van der Waals surface area contributed by atoms with Gasteiger partial charge < -0.3 is 15.0 Å². The zero-order valence-corrected chi connectivity index (χ0v) is 16.3. The molecule has 0 bridgehead atoms.